The number of hydrogen-bond acceptors (Lipinski definition) is 4. The lowest BCUT2D eigenvalue weighted by Gasteiger charge is -2.20. The minimum Gasteiger partial charge on any atom is -0.489 e. The molecule has 0 saturated carbocycles. The van der Waals surface area contributed by atoms with E-state index in [-0.39, 0.29) is 23.8 Å². The van der Waals surface area contributed by atoms with Gasteiger partial charge in [0.1, 0.15) is 17.6 Å². The second kappa shape index (κ2) is 8.63. The summed E-state index contributed by atoms with van der Waals surface area (Å²) in [6.07, 6.45) is -4.02. The molecule has 1 heterocycles. The van der Waals surface area contributed by atoms with E-state index in [1.54, 1.807) is 12.1 Å². The van der Waals surface area contributed by atoms with Gasteiger partial charge in [-0.05, 0) is 36.8 Å². The van der Waals surface area contributed by atoms with E-state index in [0.717, 1.165) is 12.0 Å². The van der Waals surface area contributed by atoms with Crippen LogP contribution < -0.4 is 19.7 Å². The number of nitrogens with one attached hydrogen (secondary N) is 1. The first-order valence-corrected chi connectivity index (χ1v) is 9.34. The standard InChI is InChI=1S/C21H23F3N2O3/c1-14(25-15(2)27)16-6-8-18(9-7-16)28-20-10-11-26(13-20)17-4-3-5-19(12-17)29-21(22,23)24/h3-9,12,14,20H,10-11,13H2,1-2H3,(H,25,27). The van der Waals surface area contributed by atoms with E-state index in [4.69, 9.17) is 4.74 Å². The fraction of sp³-hybridized carbons (Fsp3) is 0.381. The van der Waals surface area contributed by atoms with Crippen molar-refractivity contribution in [3.8, 4) is 11.5 Å². The molecule has 8 heteroatoms. The lowest BCUT2D eigenvalue weighted by Crippen LogP contribution is -2.25. The maximum atomic E-state index is 12.4. The molecule has 29 heavy (non-hydrogen) atoms. The normalized spacial score (nSPS) is 17.7. The van der Waals surface area contributed by atoms with Crippen LogP contribution in [0, 0.1) is 0 Å². The van der Waals surface area contributed by atoms with Gasteiger partial charge in [-0.15, -0.1) is 13.2 Å². The molecule has 1 aliphatic heterocycles. The van der Waals surface area contributed by atoms with Crippen LogP contribution in [0.25, 0.3) is 0 Å². The highest BCUT2D eigenvalue weighted by molar-refractivity contribution is 5.73. The molecule has 2 atom stereocenters. The van der Waals surface area contributed by atoms with Crippen molar-refractivity contribution in [3.05, 3.63) is 54.1 Å². The van der Waals surface area contributed by atoms with Crippen LogP contribution in [0.1, 0.15) is 31.9 Å². The number of carbonyl (C=O) groups is 1. The number of hydrogen-bond donors (Lipinski definition) is 1. The van der Waals surface area contributed by atoms with Crippen molar-refractivity contribution in [3.63, 3.8) is 0 Å². The number of carbonyl (C=O) groups excluding carboxylic acids is 1. The van der Waals surface area contributed by atoms with Crippen LogP contribution in [-0.2, 0) is 4.79 Å². The summed E-state index contributed by atoms with van der Waals surface area (Å²) in [4.78, 5) is 13.1. The van der Waals surface area contributed by atoms with Crippen LogP contribution in [0.3, 0.4) is 0 Å². The number of rotatable bonds is 6. The molecule has 2 aromatic rings. The van der Waals surface area contributed by atoms with Gasteiger partial charge >= 0.3 is 6.36 Å². The molecule has 0 aliphatic carbocycles. The maximum absolute atomic E-state index is 12.4. The summed E-state index contributed by atoms with van der Waals surface area (Å²) in [6.45, 7) is 4.63. The average molecular weight is 408 g/mol. The Hall–Kier alpha value is -2.90. The summed E-state index contributed by atoms with van der Waals surface area (Å²) in [7, 11) is 0. The van der Waals surface area contributed by atoms with Gasteiger partial charge in [0.15, 0.2) is 0 Å². The van der Waals surface area contributed by atoms with Crippen molar-refractivity contribution >= 4 is 11.6 Å². The van der Waals surface area contributed by atoms with Crippen LogP contribution in [0.5, 0.6) is 11.5 Å². The summed E-state index contributed by atoms with van der Waals surface area (Å²) >= 11 is 0. The molecule has 0 spiro atoms. The van der Waals surface area contributed by atoms with Crippen LogP contribution in [-0.4, -0.2) is 31.5 Å². The number of anilines is 1. The minimum absolute atomic E-state index is 0.0687. The molecule has 156 valence electrons. The Kier molecular flexibility index (Phi) is 6.20. The van der Waals surface area contributed by atoms with Gasteiger partial charge in [0, 0.05) is 31.6 Å². The zero-order chi connectivity index (χ0) is 21.0. The quantitative estimate of drug-likeness (QED) is 0.768. The predicted molar refractivity (Wildman–Crippen MR) is 103 cm³/mol. The SMILES string of the molecule is CC(=O)NC(C)c1ccc(OC2CCN(c3cccc(OC(F)(F)F)c3)C2)cc1. The average Bonchev–Trinajstić information content (AvgIpc) is 3.09. The number of alkyl halides is 3. The second-order valence-electron chi connectivity index (χ2n) is 7.01. The highest BCUT2D eigenvalue weighted by Gasteiger charge is 2.31. The van der Waals surface area contributed by atoms with Gasteiger partial charge in [-0.2, -0.15) is 0 Å². The van der Waals surface area contributed by atoms with Crippen molar-refractivity contribution in [2.24, 2.45) is 0 Å². The summed E-state index contributed by atoms with van der Waals surface area (Å²) < 4.78 is 47.3. The van der Waals surface area contributed by atoms with Gasteiger partial charge in [-0.25, -0.2) is 0 Å². The molecule has 2 unspecified atom stereocenters. The molecule has 3 rings (SSSR count). The number of halogens is 3. The molecule has 5 nitrogen and oxygen atoms in total. The molecule has 0 radical (unpaired) electrons. The summed E-state index contributed by atoms with van der Waals surface area (Å²) in [6, 6.07) is 13.4. The second-order valence-corrected chi connectivity index (χ2v) is 7.01. The molecule has 1 amide bonds. The van der Waals surface area contributed by atoms with E-state index in [2.05, 4.69) is 10.1 Å². The molecular weight excluding hydrogens is 385 g/mol. The van der Waals surface area contributed by atoms with Crippen molar-refractivity contribution in [1.29, 1.82) is 0 Å². The third kappa shape index (κ3) is 6.04. The van der Waals surface area contributed by atoms with Gasteiger partial charge in [-0.1, -0.05) is 18.2 Å². The molecule has 1 aliphatic rings. The first kappa shape index (κ1) is 20.8. The Morgan fingerprint density at radius 1 is 1.17 bits per heavy atom. The molecule has 0 bridgehead atoms. The van der Waals surface area contributed by atoms with Crippen LogP contribution in [0.4, 0.5) is 18.9 Å². The van der Waals surface area contributed by atoms with Crippen molar-refractivity contribution < 1.29 is 27.4 Å². The zero-order valence-corrected chi connectivity index (χ0v) is 16.2. The van der Waals surface area contributed by atoms with Crippen LogP contribution in [0.2, 0.25) is 0 Å². The van der Waals surface area contributed by atoms with Gasteiger partial charge in [0.25, 0.3) is 0 Å². The smallest absolute Gasteiger partial charge is 0.489 e. The molecule has 1 N–H and O–H groups in total. The summed E-state index contributed by atoms with van der Waals surface area (Å²) in [5.74, 6) is 0.390. The maximum Gasteiger partial charge on any atom is 0.573 e. The van der Waals surface area contributed by atoms with Gasteiger partial charge < -0.3 is 19.7 Å². The molecule has 0 aromatic heterocycles. The Morgan fingerprint density at radius 2 is 1.90 bits per heavy atom. The minimum atomic E-state index is -4.71. The van der Waals surface area contributed by atoms with E-state index in [1.165, 1.54) is 19.1 Å². The largest absolute Gasteiger partial charge is 0.573 e. The fourth-order valence-corrected chi connectivity index (χ4v) is 3.35. The topological polar surface area (TPSA) is 50.8 Å². The Balaban J connectivity index is 1.57. The number of benzene rings is 2. The Bertz CT molecular complexity index is 840. The van der Waals surface area contributed by atoms with Gasteiger partial charge in [-0.3, -0.25) is 4.79 Å². The Morgan fingerprint density at radius 3 is 2.55 bits per heavy atom. The van der Waals surface area contributed by atoms with Gasteiger partial charge in [0.2, 0.25) is 5.91 Å². The first-order valence-electron chi connectivity index (χ1n) is 9.34. The van der Waals surface area contributed by atoms with E-state index >= 15 is 0 Å². The van der Waals surface area contributed by atoms with E-state index in [9.17, 15) is 18.0 Å². The van der Waals surface area contributed by atoms with Crippen molar-refractivity contribution in [1.82, 2.24) is 5.32 Å². The summed E-state index contributed by atoms with van der Waals surface area (Å²) in [5.41, 5.74) is 1.64. The number of amides is 1. The highest BCUT2D eigenvalue weighted by Crippen LogP contribution is 2.29. The predicted octanol–water partition coefficient (Wildman–Crippen LogP) is 4.44. The molecule has 2 aromatic carbocycles. The monoisotopic (exact) mass is 408 g/mol. The third-order valence-corrected chi connectivity index (χ3v) is 4.66. The number of nitrogens with zero attached hydrogens (tertiary/aromatic N) is 1. The molecule has 1 fully saturated rings. The first-order chi connectivity index (χ1) is 13.7. The molecular formula is C21H23F3N2O3. The lowest BCUT2D eigenvalue weighted by atomic mass is 10.1. The highest BCUT2D eigenvalue weighted by atomic mass is 19.4. The van der Waals surface area contributed by atoms with Gasteiger partial charge in [0.05, 0.1) is 12.6 Å². The van der Waals surface area contributed by atoms with E-state index in [1.807, 2.05) is 36.1 Å². The van der Waals surface area contributed by atoms with E-state index in [0.29, 0.717) is 24.5 Å². The Labute approximate surface area is 167 Å². The number of ether oxygens (including phenoxy) is 2. The van der Waals surface area contributed by atoms with E-state index < -0.39 is 6.36 Å². The summed E-state index contributed by atoms with van der Waals surface area (Å²) in [5, 5.41) is 2.83. The third-order valence-electron chi connectivity index (χ3n) is 4.66. The van der Waals surface area contributed by atoms with Crippen molar-refractivity contribution in [2.75, 3.05) is 18.0 Å². The van der Waals surface area contributed by atoms with Crippen LogP contribution >= 0.6 is 0 Å². The zero-order valence-electron chi connectivity index (χ0n) is 16.2. The fourth-order valence-electron chi connectivity index (χ4n) is 3.35. The van der Waals surface area contributed by atoms with Crippen LogP contribution in [0.15, 0.2) is 48.5 Å². The lowest BCUT2D eigenvalue weighted by molar-refractivity contribution is -0.274. The molecule has 1 saturated heterocycles. The van der Waals surface area contributed by atoms with Crippen molar-refractivity contribution in [2.45, 2.75) is 38.8 Å².